The summed E-state index contributed by atoms with van der Waals surface area (Å²) in [5.74, 6) is 0.0220. The maximum Gasteiger partial charge on any atom is 0.209 e. The third-order valence-corrected chi connectivity index (χ3v) is 2.93. The first-order valence-corrected chi connectivity index (χ1v) is 5.79. The van der Waals surface area contributed by atoms with Crippen LogP contribution in [-0.4, -0.2) is 37.6 Å². The second-order valence-electron chi connectivity index (χ2n) is 4.38. The normalized spacial score (nSPS) is 21.0. The molecular formula is C13H16FNO2. The van der Waals surface area contributed by atoms with Gasteiger partial charge in [0, 0.05) is 19.0 Å². The Bertz CT molecular complexity index is 383. The molecule has 4 heteroatoms. The highest BCUT2D eigenvalue weighted by Crippen LogP contribution is 2.14. The van der Waals surface area contributed by atoms with E-state index in [9.17, 15) is 9.18 Å². The number of halogens is 1. The van der Waals surface area contributed by atoms with Crippen LogP contribution in [0.5, 0.6) is 0 Å². The Balaban J connectivity index is 1.99. The summed E-state index contributed by atoms with van der Waals surface area (Å²) in [4.78, 5) is 12.5. The number of benzene rings is 1. The van der Waals surface area contributed by atoms with Gasteiger partial charge < -0.3 is 9.64 Å². The quantitative estimate of drug-likeness (QED) is 0.745. The van der Waals surface area contributed by atoms with Gasteiger partial charge in [-0.15, -0.1) is 0 Å². The van der Waals surface area contributed by atoms with E-state index in [0.717, 1.165) is 18.4 Å². The van der Waals surface area contributed by atoms with Gasteiger partial charge in [0.2, 0.25) is 6.41 Å². The van der Waals surface area contributed by atoms with Crippen LogP contribution in [0.3, 0.4) is 0 Å². The van der Waals surface area contributed by atoms with Crippen molar-refractivity contribution in [2.24, 2.45) is 5.92 Å². The molecule has 2 rings (SSSR count). The SMILES string of the molecule is O=CN1CCOCC(Cc2cccc(F)c2)C1. The fourth-order valence-corrected chi connectivity index (χ4v) is 2.12. The van der Waals surface area contributed by atoms with Gasteiger partial charge in [0.1, 0.15) is 5.82 Å². The molecule has 1 saturated heterocycles. The van der Waals surface area contributed by atoms with Gasteiger partial charge in [-0.1, -0.05) is 12.1 Å². The summed E-state index contributed by atoms with van der Waals surface area (Å²) in [7, 11) is 0. The molecule has 0 aromatic heterocycles. The molecular weight excluding hydrogens is 221 g/mol. The van der Waals surface area contributed by atoms with Crippen LogP contribution in [0.25, 0.3) is 0 Å². The zero-order valence-electron chi connectivity index (χ0n) is 9.64. The van der Waals surface area contributed by atoms with Crippen molar-refractivity contribution in [3.05, 3.63) is 35.6 Å². The second-order valence-corrected chi connectivity index (χ2v) is 4.38. The molecule has 1 aromatic rings. The number of nitrogens with zero attached hydrogens (tertiary/aromatic N) is 1. The lowest BCUT2D eigenvalue weighted by molar-refractivity contribution is -0.118. The molecule has 1 aliphatic heterocycles. The number of hydrogen-bond acceptors (Lipinski definition) is 2. The van der Waals surface area contributed by atoms with E-state index in [1.54, 1.807) is 11.0 Å². The average Bonchev–Trinajstić information content (AvgIpc) is 2.54. The van der Waals surface area contributed by atoms with E-state index < -0.39 is 0 Å². The van der Waals surface area contributed by atoms with E-state index in [1.807, 2.05) is 6.07 Å². The summed E-state index contributed by atoms with van der Waals surface area (Å²) < 4.78 is 18.5. The number of ether oxygens (including phenoxy) is 1. The number of rotatable bonds is 3. The largest absolute Gasteiger partial charge is 0.379 e. The standard InChI is InChI=1S/C13H16FNO2/c14-13-3-1-2-11(7-13)6-12-8-15(10-16)4-5-17-9-12/h1-3,7,10,12H,4-6,8-9H2. The van der Waals surface area contributed by atoms with Crippen molar-refractivity contribution in [3.63, 3.8) is 0 Å². The molecule has 1 fully saturated rings. The van der Waals surface area contributed by atoms with E-state index in [1.165, 1.54) is 12.1 Å². The van der Waals surface area contributed by atoms with Crippen LogP contribution in [-0.2, 0) is 16.0 Å². The smallest absolute Gasteiger partial charge is 0.209 e. The highest BCUT2D eigenvalue weighted by Gasteiger charge is 2.17. The number of carbonyl (C=O) groups excluding carboxylic acids is 1. The van der Waals surface area contributed by atoms with Crippen molar-refractivity contribution < 1.29 is 13.9 Å². The summed E-state index contributed by atoms with van der Waals surface area (Å²) in [5.41, 5.74) is 0.950. The maximum absolute atomic E-state index is 13.0. The van der Waals surface area contributed by atoms with Crippen LogP contribution in [0.1, 0.15) is 5.56 Å². The molecule has 0 radical (unpaired) electrons. The predicted octanol–water partition coefficient (Wildman–Crippen LogP) is 1.47. The zero-order chi connectivity index (χ0) is 12.1. The van der Waals surface area contributed by atoms with E-state index in [0.29, 0.717) is 26.3 Å². The minimum atomic E-state index is -0.218. The molecule has 92 valence electrons. The van der Waals surface area contributed by atoms with Gasteiger partial charge >= 0.3 is 0 Å². The molecule has 0 bridgehead atoms. The van der Waals surface area contributed by atoms with Crippen LogP contribution in [0.15, 0.2) is 24.3 Å². The molecule has 1 amide bonds. The highest BCUT2D eigenvalue weighted by atomic mass is 19.1. The van der Waals surface area contributed by atoms with Gasteiger partial charge in [0.05, 0.1) is 13.2 Å². The Kier molecular flexibility index (Phi) is 4.09. The monoisotopic (exact) mass is 237 g/mol. The number of hydrogen-bond donors (Lipinski definition) is 0. The summed E-state index contributed by atoms with van der Waals surface area (Å²) >= 11 is 0. The molecule has 1 atom stereocenters. The third-order valence-electron chi connectivity index (χ3n) is 2.93. The first-order valence-electron chi connectivity index (χ1n) is 5.79. The van der Waals surface area contributed by atoms with E-state index >= 15 is 0 Å². The van der Waals surface area contributed by atoms with E-state index in [2.05, 4.69) is 0 Å². The van der Waals surface area contributed by atoms with Crippen molar-refractivity contribution in [3.8, 4) is 0 Å². The molecule has 1 aliphatic rings. The summed E-state index contributed by atoms with van der Waals surface area (Å²) in [6, 6.07) is 6.58. The van der Waals surface area contributed by atoms with Crippen molar-refractivity contribution in [1.29, 1.82) is 0 Å². The third kappa shape index (κ3) is 3.53. The van der Waals surface area contributed by atoms with E-state index in [-0.39, 0.29) is 11.7 Å². The molecule has 1 unspecified atom stereocenters. The van der Waals surface area contributed by atoms with Crippen molar-refractivity contribution in [2.45, 2.75) is 6.42 Å². The van der Waals surface area contributed by atoms with Gasteiger partial charge in [-0.05, 0) is 24.1 Å². The van der Waals surface area contributed by atoms with Crippen LogP contribution in [0.4, 0.5) is 4.39 Å². The fourth-order valence-electron chi connectivity index (χ4n) is 2.12. The first kappa shape index (κ1) is 12.0. The molecule has 1 aromatic carbocycles. The Labute approximate surface area is 100 Å². The van der Waals surface area contributed by atoms with Gasteiger partial charge in [-0.2, -0.15) is 0 Å². The van der Waals surface area contributed by atoms with Crippen LogP contribution < -0.4 is 0 Å². The second kappa shape index (κ2) is 5.77. The van der Waals surface area contributed by atoms with Gasteiger partial charge in [0.25, 0.3) is 0 Å². The fraction of sp³-hybridized carbons (Fsp3) is 0.462. The lowest BCUT2D eigenvalue weighted by Crippen LogP contribution is -2.29. The van der Waals surface area contributed by atoms with Crippen molar-refractivity contribution in [1.82, 2.24) is 4.90 Å². The number of carbonyl (C=O) groups is 1. The highest BCUT2D eigenvalue weighted by molar-refractivity contribution is 5.47. The van der Waals surface area contributed by atoms with Gasteiger partial charge in [-0.3, -0.25) is 4.79 Å². The first-order chi connectivity index (χ1) is 8.28. The minimum absolute atomic E-state index is 0.218. The molecule has 17 heavy (non-hydrogen) atoms. The maximum atomic E-state index is 13.0. The minimum Gasteiger partial charge on any atom is -0.379 e. The topological polar surface area (TPSA) is 29.5 Å². The molecule has 1 heterocycles. The van der Waals surface area contributed by atoms with Crippen LogP contribution >= 0.6 is 0 Å². The zero-order valence-corrected chi connectivity index (χ0v) is 9.64. The molecule has 3 nitrogen and oxygen atoms in total. The predicted molar refractivity (Wildman–Crippen MR) is 62.1 cm³/mol. The Hall–Kier alpha value is -1.42. The lowest BCUT2D eigenvalue weighted by atomic mass is 10.00. The Morgan fingerprint density at radius 3 is 3.18 bits per heavy atom. The van der Waals surface area contributed by atoms with Crippen molar-refractivity contribution >= 4 is 6.41 Å². The van der Waals surface area contributed by atoms with Crippen LogP contribution in [0.2, 0.25) is 0 Å². The average molecular weight is 237 g/mol. The van der Waals surface area contributed by atoms with Gasteiger partial charge in [0.15, 0.2) is 0 Å². The van der Waals surface area contributed by atoms with E-state index in [4.69, 9.17) is 4.74 Å². The molecule has 0 saturated carbocycles. The summed E-state index contributed by atoms with van der Waals surface area (Å²) in [6.07, 6.45) is 1.59. The number of amides is 1. The molecule has 0 N–H and O–H groups in total. The lowest BCUT2D eigenvalue weighted by Gasteiger charge is -2.19. The summed E-state index contributed by atoms with van der Waals surface area (Å²) in [6.45, 7) is 2.53. The van der Waals surface area contributed by atoms with Crippen molar-refractivity contribution in [2.75, 3.05) is 26.3 Å². The Morgan fingerprint density at radius 1 is 1.53 bits per heavy atom. The van der Waals surface area contributed by atoms with Gasteiger partial charge in [-0.25, -0.2) is 4.39 Å². The molecule has 0 aliphatic carbocycles. The molecule has 0 spiro atoms. The van der Waals surface area contributed by atoms with Crippen LogP contribution in [0, 0.1) is 11.7 Å². The Morgan fingerprint density at radius 2 is 2.41 bits per heavy atom. The summed E-state index contributed by atoms with van der Waals surface area (Å²) in [5, 5.41) is 0.